The van der Waals surface area contributed by atoms with Gasteiger partial charge in [0.05, 0.1) is 30.4 Å². The van der Waals surface area contributed by atoms with E-state index in [1.807, 2.05) is 27.7 Å². The molecule has 13 nitrogen and oxygen atoms in total. The monoisotopic (exact) mass is 630 g/mol. The van der Waals surface area contributed by atoms with Gasteiger partial charge in [-0.3, -0.25) is 4.79 Å². The Morgan fingerprint density at radius 2 is 1.89 bits per heavy atom. The number of aryl methyl sites for hydroxylation is 2. The third-order valence-electron chi connectivity index (χ3n) is 7.79. The third kappa shape index (κ3) is 10.1. The van der Waals surface area contributed by atoms with Crippen molar-refractivity contribution in [1.82, 2.24) is 20.3 Å². The molecule has 5 amide bonds. The number of carbonyl (C=O) groups is 3. The van der Waals surface area contributed by atoms with Crippen LogP contribution in [0.15, 0.2) is 22.7 Å². The molecule has 0 saturated heterocycles. The Hall–Kier alpha value is -3.84. The van der Waals surface area contributed by atoms with E-state index >= 15 is 0 Å². The molecule has 3 rings (SSSR count). The molecule has 1 aliphatic rings. The molecular formula is C32H50N6O7. The summed E-state index contributed by atoms with van der Waals surface area (Å²) in [7, 11) is 1.69. The van der Waals surface area contributed by atoms with Crippen molar-refractivity contribution >= 4 is 29.3 Å². The summed E-state index contributed by atoms with van der Waals surface area (Å²) in [6, 6.07) is 3.70. The number of benzene rings is 1. The molecule has 0 unspecified atom stereocenters. The fraction of sp³-hybridized carbons (Fsp3) is 0.625. The van der Waals surface area contributed by atoms with Crippen molar-refractivity contribution in [3.8, 4) is 5.75 Å². The number of nitrogens with zero attached hydrogens (tertiary/aromatic N) is 3. The van der Waals surface area contributed by atoms with Crippen LogP contribution in [0.4, 0.5) is 21.0 Å². The summed E-state index contributed by atoms with van der Waals surface area (Å²) in [6.45, 7) is 13.6. The van der Waals surface area contributed by atoms with E-state index < -0.39 is 12.1 Å². The minimum Gasteiger partial charge on any atom is -0.490 e. The standard InChI is InChI=1S/C32H50N6O7/c1-19(2)33-31(41)34-25-12-13-27-26(15-25)30(40)38(21(4)18-39)16-20(3)28(43-14-10-9-11-22(5)44-27)17-37(8)32(42)35-29-23(6)36-45-24(29)7/h12-13,15,19-22,28,39H,9-11,14,16-18H2,1-8H3,(H,35,42)(H2,33,34,41)/t20-,21-,22-,28+/m0/s1. The lowest BCUT2D eigenvalue weighted by molar-refractivity contribution is -0.0115. The summed E-state index contributed by atoms with van der Waals surface area (Å²) < 4.78 is 17.8. The van der Waals surface area contributed by atoms with Gasteiger partial charge in [0.15, 0.2) is 5.76 Å². The maximum atomic E-state index is 14.2. The first-order valence-corrected chi connectivity index (χ1v) is 15.7. The highest BCUT2D eigenvalue weighted by atomic mass is 16.5. The second-order valence-corrected chi connectivity index (χ2v) is 12.3. The van der Waals surface area contributed by atoms with E-state index in [9.17, 15) is 19.5 Å². The number of carbonyl (C=O) groups excluding carboxylic acids is 3. The first kappa shape index (κ1) is 35.6. The number of ether oxygens (including phenoxy) is 2. The van der Waals surface area contributed by atoms with Crippen LogP contribution in [0.5, 0.6) is 5.75 Å². The lowest BCUT2D eigenvalue weighted by Gasteiger charge is -2.35. The summed E-state index contributed by atoms with van der Waals surface area (Å²) >= 11 is 0. The number of hydrogen-bond acceptors (Lipinski definition) is 8. The van der Waals surface area contributed by atoms with Crippen LogP contribution in [0.25, 0.3) is 0 Å². The highest BCUT2D eigenvalue weighted by Crippen LogP contribution is 2.29. The zero-order valence-corrected chi connectivity index (χ0v) is 27.8. The summed E-state index contributed by atoms with van der Waals surface area (Å²) in [5.41, 5.74) is 1.84. The van der Waals surface area contributed by atoms with Gasteiger partial charge in [0.1, 0.15) is 17.1 Å². The molecule has 1 aromatic heterocycles. The summed E-state index contributed by atoms with van der Waals surface area (Å²) in [5.74, 6) is 0.354. The number of amides is 5. The molecule has 2 aromatic rings. The molecule has 4 atom stereocenters. The van der Waals surface area contributed by atoms with Gasteiger partial charge in [0, 0.05) is 44.4 Å². The molecule has 0 bridgehead atoms. The first-order valence-electron chi connectivity index (χ1n) is 15.7. The van der Waals surface area contributed by atoms with Crippen molar-refractivity contribution in [3.63, 3.8) is 0 Å². The molecule has 2 heterocycles. The number of aliphatic hydroxyl groups excluding tert-OH is 1. The SMILES string of the molecule is Cc1noc(C)c1NC(=O)N(C)C[C@H]1OCCCC[C@H](C)Oc2ccc(NC(=O)NC(C)C)cc2C(=O)N([C@@H](C)CO)C[C@@H]1C. The van der Waals surface area contributed by atoms with Crippen LogP contribution in [0.3, 0.4) is 0 Å². The van der Waals surface area contributed by atoms with Gasteiger partial charge >= 0.3 is 12.1 Å². The molecule has 0 aliphatic carbocycles. The van der Waals surface area contributed by atoms with Gasteiger partial charge in [-0.25, -0.2) is 9.59 Å². The Morgan fingerprint density at radius 3 is 2.53 bits per heavy atom. The third-order valence-corrected chi connectivity index (χ3v) is 7.79. The predicted molar refractivity (Wildman–Crippen MR) is 172 cm³/mol. The quantitative estimate of drug-likeness (QED) is 0.340. The Balaban J connectivity index is 1.90. The Bertz CT molecular complexity index is 1280. The molecule has 4 N–H and O–H groups in total. The Morgan fingerprint density at radius 1 is 1.16 bits per heavy atom. The van der Waals surface area contributed by atoms with Gasteiger partial charge in [-0.15, -0.1) is 0 Å². The number of nitrogens with one attached hydrogen (secondary N) is 3. The maximum absolute atomic E-state index is 14.2. The zero-order chi connectivity index (χ0) is 33.3. The van der Waals surface area contributed by atoms with E-state index in [1.54, 1.807) is 55.8 Å². The van der Waals surface area contributed by atoms with Gasteiger partial charge in [-0.05, 0) is 79.0 Å². The van der Waals surface area contributed by atoms with Crippen LogP contribution in [0, 0.1) is 19.8 Å². The molecule has 250 valence electrons. The molecular weight excluding hydrogens is 580 g/mol. The maximum Gasteiger partial charge on any atom is 0.321 e. The van der Waals surface area contributed by atoms with Crippen LogP contribution in [-0.2, 0) is 4.74 Å². The molecule has 0 fully saturated rings. The lowest BCUT2D eigenvalue weighted by Crippen LogP contribution is -2.48. The van der Waals surface area contributed by atoms with Crippen molar-refractivity contribution in [1.29, 1.82) is 0 Å². The Labute approximate surface area is 266 Å². The van der Waals surface area contributed by atoms with E-state index in [4.69, 9.17) is 14.0 Å². The molecule has 1 aromatic carbocycles. The smallest absolute Gasteiger partial charge is 0.321 e. The fourth-order valence-corrected chi connectivity index (χ4v) is 5.11. The van der Waals surface area contributed by atoms with Crippen LogP contribution in [0.1, 0.15) is 75.7 Å². The summed E-state index contributed by atoms with van der Waals surface area (Å²) in [6.07, 6.45) is 1.79. The molecule has 1 aliphatic heterocycles. The first-order chi connectivity index (χ1) is 21.3. The minimum absolute atomic E-state index is 0.0633. The second-order valence-electron chi connectivity index (χ2n) is 12.3. The number of rotatable bonds is 7. The average molecular weight is 631 g/mol. The number of urea groups is 2. The molecule has 0 radical (unpaired) electrons. The minimum atomic E-state index is -0.528. The summed E-state index contributed by atoms with van der Waals surface area (Å²) in [5, 5.41) is 22.5. The molecule has 45 heavy (non-hydrogen) atoms. The molecule has 0 saturated carbocycles. The summed E-state index contributed by atoms with van der Waals surface area (Å²) in [4.78, 5) is 42.9. The largest absolute Gasteiger partial charge is 0.490 e. The fourth-order valence-electron chi connectivity index (χ4n) is 5.11. The average Bonchev–Trinajstić information content (AvgIpc) is 3.30. The highest BCUT2D eigenvalue weighted by molar-refractivity contribution is 5.99. The van der Waals surface area contributed by atoms with E-state index in [0.29, 0.717) is 35.2 Å². The highest BCUT2D eigenvalue weighted by Gasteiger charge is 2.31. The molecule has 13 heteroatoms. The second kappa shape index (κ2) is 16.5. The van der Waals surface area contributed by atoms with Crippen molar-refractivity contribution in [2.24, 2.45) is 5.92 Å². The molecule has 0 spiro atoms. The van der Waals surface area contributed by atoms with Crippen molar-refractivity contribution in [3.05, 3.63) is 35.2 Å². The van der Waals surface area contributed by atoms with Crippen LogP contribution < -0.4 is 20.7 Å². The van der Waals surface area contributed by atoms with Crippen LogP contribution >= 0.6 is 0 Å². The van der Waals surface area contributed by atoms with E-state index in [0.717, 1.165) is 19.3 Å². The van der Waals surface area contributed by atoms with Crippen molar-refractivity contribution < 1.29 is 33.5 Å². The Kier molecular flexibility index (Phi) is 13.0. The lowest BCUT2D eigenvalue weighted by atomic mass is 10.0. The van der Waals surface area contributed by atoms with E-state index in [1.165, 1.54) is 0 Å². The van der Waals surface area contributed by atoms with Gasteiger partial charge in [-0.1, -0.05) is 12.1 Å². The van der Waals surface area contributed by atoms with Gasteiger partial charge in [0.25, 0.3) is 5.91 Å². The van der Waals surface area contributed by atoms with E-state index in [2.05, 4.69) is 21.1 Å². The number of aromatic nitrogens is 1. The van der Waals surface area contributed by atoms with Gasteiger partial charge in [0.2, 0.25) is 0 Å². The number of anilines is 2. The number of fused-ring (bicyclic) bond motifs is 1. The predicted octanol–water partition coefficient (Wildman–Crippen LogP) is 4.78. The van der Waals surface area contributed by atoms with Gasteiger partial charge < -0.3 is 44.9 Å². The van der Waals surface area contributed by atoms with E-state index in [-0.39, 0.29) is 61.3 Å². The number of aliphatic hydroxyl groups is 1. The zero-order valence-electron chi connectivity index (χ0n) is 27.8. The normalized spacial score (nSPS) is 20.4. The van der Waals surface area contributed by atoms with Crippen LogP contribution in [0.2, 0.25) is 0 Å². The number of hydrogen-bond donors (Lipinski definition) is 4. The number of likely N-dealkylation sites (N-methyl/N-ethyl adjacent to an activating group) is 1. The van der Waals surface area contributed by atoms with Crippen LogP contribution in [-0.4, -0.2) is 95.7 Å². The van der Waals surface area contributed by atoms with Crippen molar-refractivity contribution in [2.75, 3.05) is 44.0 Å². The van der Waals surface area contributed by atoms with Crippen molar-refractivity contribution in [2.45, 2.75) is 92.0 Å². The topological polar surface area (TPSA) is 158 Å². The van der Waals surface area contributed by atoms with Gasteiger partial charge in [-0.2, -0.15) is 0 Å².